The highest BCUT2D eigenvalue weighted by Gasteiger charge is 2.22. The van der Waals surface area contributed by atoms with E-state index in [0.717, 1.165) is 11.3 Å². The van der Waals surface area contributed by atoms with E-state index in [9.17, 15) is 19.5 Å². The summed E-state index contributed by atoms with van der Waals surface area (Å²) in [5.41, 5.74) is 3.00. The molecule has 2 N–H and O–H groups in total. The van der Waals surface area contributed by atoms with Crippen LogP contribution in [0.1, 0.15) is 39.6 Å². The zero-order valence-electron chi connectivity index (χ0n) is 21.0. The molecular weight excluding hydrogens is 468 g/mol. The summed E-state index contributed by atoms with van der Waals surface area (Å²) in [4.78, 5) is 39.5. The van der Waals surface area contributed by atoms with E-state index >= 15 is 0 Å². The van der Waals surface area contributed by atoms with Crippen LogP contribution in [0.25, 0.3) is 11.1 Å². The summed E-state index contributed by atoms with van der Waals surface area (Å²) < 4.78 is 5.71. The van der Waals surface area contributed by atoms with Crippen molar-refractivity contribution in [2.45, 2.75) is 19.8 Å². The van der Waals surface area contributed by atoms with Crippen LogP contribution in [0.5, 0.6) is 5.75 Å². The Balaban J connectivity index is 1.95. The number of rotatable bonds is 13. The van der Waals surface area contributed by atoms with Crippen LogP contribution in [0.15, 0.2) is 85.5 Å². The average Bonchev–Trinajstić information content (AvgIpc) is 2.92. The summed E-state index contributed by atoms with van der Waals surface area (Å²) in [6, 6.07) is 21.8. The number of nitrogens with one attached hydrogen (secondary N) is 1. The Hall–Kier alpha value is -4.39. The number of aliphatic carboxylic acids is 1. The molecule has 7 nitrogen and oxygen atoms in total. The molecule has 3 aromatic carbocycles. The van der Waals surface area contributed by atoms with Crippen molar-refractivity contribution in [1.29, 1.82) is 0 Å². The van der Waals surface area contributed by atoms with Crippen molar-refractivity contribution >= 4 is 17.8 Å². The number of ether oxygens (including phenoxy) is 1. The molecule has 0 spiro atoms. The maximum atomic E-state index is 13.8. The zero-order valence-corrected chi connectivity index (χ0v) is 21.0. The van der Waals surface area contributed by atoms with E-state index in [-0.39, 0.29) is 24.8 Å². The van der Waals surface area contributed by atoms with Gasteiger partial charge in [0.1, 0.15) is 5.75 Å². The lowest BCUT2D eigenvalue weighted by atomic mass is 9.94. The Morgan fingerprint density at radius 3 is 2.22 bits per heavy atom. The number of hydrogen-bond donors (Lipinski definition) is 2. The van der Waals surface area contributed by atoms with Crippen LogP contribution in [-0.2, 0) is 11.2 Å². The third kappa shape index (κ3) is 7.30. The molecule has 0 atom stereocenters. The van der Waals surface area contributed by atoms with Gasteiger partial charge in [0.15, 0.2) is 0 Å². The Labute approximate surface area is 217 Å². The topological polar surface area (TPSA) is 95.9 Å². The molecule has 0 fully saturated rings. The summed E-state index contributed by atoms with van der Waals surface area (Å²) >= 11 is 0. The summed E-state index contributed by atoms with van der Waals surface area (Å²) in [7, 11) is 0. The molecule has 2 amide bonds. The molecule has 0 aliphatic carbocycles. The fourth-order valence-corrected chi connectivity index (χ4v) is 4.06. The van der Waals surface area contributed by atoms with Gasteiger partial charge < -0.3 is 20.1 Å². The fourth-order valence-electron chi connectivity index (χ4n) is 4.06. The second kappa shape index (κ2) is 13.6. The Morgan fingerprint density at radius 2 is 1.54 bits per heavy atom. The van der Waals surface area contributed by atoms with Gasteiger partial charge >= 0.3 is 5.97 Å². The molecule has 0 saturated heterocycles. The standard InChI is InChI=1S/C30H32N2O5/c1-3-19-31-29(35)25-14-8-6-12-23(25)24-13-7-9-15-26(24)30(36)32(21-18-28(33)34)20-17-22-11-5-10-16-27(22)37-4-2/h3,5-16H,1,4,17-21H2,2H3,(H,31,35)(H,33,34). The van der Waals surface area contributed by atoms with Crippen molar-refractivity contribution in [3.8, 4) is 16.9 Å². The van der Waals surface area contributed by atoms with Crippen molar-refractivity contribution in [2.24, 2.45) is 0 Å². The van der Waals surface area contributed by atoms with Crippen LogP contribution in [0.3, 0.4) is 0 Å². The molecule has 0 aromatic heterocycles. The van der Waals surface area contributed by atoms with Gasteiger partial charge in [-0.1, -0.05) is 60.7 Å². The van der Waals surface area contributed by atoms with E-state index in [1.165, 1.54) is 0 Å². The SMILES string of the molecule is C=CCNC(=O)c1ccccc1-c1ccccc1C(=O)N(CCC(=O)O)CCc1ccccc1OCC. The number of hydrogen-bond acceptors (Lipinski definition) is 4. The zero-order chi connectivity index (χ0) is 26.6. The van der Waals surface area contributed by atoms with Crippen LogP contribution in [0.2, 0.25) is 0 Å². The number of carboxylic acids is 1. The second-order valence-corrected chi connectivity index (χ2v) is 8.32. The molecule has 0 aliphatic heterocycles. The van der Waals surface area contributed by atoms with E-state index in [4.69, 9.17) is 4.74 Å². The van der Waals surface area contributed by atoms with Gasteiger partial charge in [-0.15, -0.1) is 6.58 Å². The molecule has 0 aliphatic rings. The quantitative estimate of drug-likeness (QED) is 0.328. The summed E-state index contributed by atoms with van der Waals surface area (Å²) in [5.74, 6) is -0.805. The number of carbonyl (C=O) groups excluding carboxylic acids is 2. The van der Waals surface area contributed by atoms with E-state index in [1.54, 1.807) is 47.4 Å². The highest BCUT2D eigenvalue weighted by molar-refractivity contribution is 6.06. The number of carbonyl (C=O) groups is 3. The Bertz CT molecular complexity index is 1250. The van der Waals surface area contributed by atoms with Gasteiger partial charge in [0, 0.05) is 30.8 Å². The summed E-state index contributed by atoms with van der Waals surface area (Å²) in [5, 5.41) is 12.1. The molecule has 0 bridgehead atoms. The fraction of sp³-hybridized carbons (Fsp3) is 0.233. The first-order valence-electron chi connectivity index (χ1n) is 12.3. The predicted octanol–water partition coefficient (Wildman–Crippen LogP) is 4.83. The first-order valence-corrected chi connectivity index (χ1v) is 12.3. The van der Waals surface area contributed by atoms with Gasteiger partial charge in [0.05, 0.1) is 13.0 Å². The molecule has 0 unspecified atom stereocenters. The monoisotopic (exact) mass is 500 g/mol. The molecule has 192 valence electrons. The third-order valence-corrected chi connectivity index (χ3v) is 5.83. The minimum Gasteiger partial charge on any atom is -0.494 e. The first kappa shape index (κ1) is 27.2. The number of nitrogens with zero attached hydrogens (tertiary/aromatic N) is 1. The third-order valence-electron chi connectivity index (χ3n) is 5.83. The van der Waals surface area contributed by atoms with Crippen molar-refractivity contribution < 1.29 is 24.2 Å². The summed E-state index contributed by atoms with van der Waals surface area (Å²) in [6.45, 7) is 6.75. The Kier molecular flexibility index (Phi) is 10.0. The van der Waals surface area contributed by atoms with Crippen molar-refractivity contribution in [2.75, 3.05) is 26.2 Å². The lowest BCUT2D eigenvalue weighted by Crippen LogP contribution is -2.35. The summed E-state index contributed by atoms with van der Waals surface area (Å²) in [6.07, 6.45) is 1.92. The maximum Gasteiger partial charge on any atom is 0.305 e. The molecule has 7 heteroatoms. The van der Waals surface area contributed by atoms with E-state index < -0.39 is 5.97 Å². The molecule has 0 heterocycles. The molecule has 3 aromatic rings. The number of amides is 2. The highest BCUT2D eigenvalue weighted by Crippen LogP contribution is 2.29. The lowest BCUT2D eigenvalue weighted by Gasteiger charge is -2.24. The molecular formula is C30H32N2O5. The lowest BCUT2D eigenvalue weighted by molar-refractivity contribution is -0.137. The highest BCUT2D eigenvalue weighted by atomic mass is 16.5. The molecule has 0 saturated carbocycles. The van der Waals surface area contributed by atoms with Gasteiger partial charge in [-0.25, -0.2) is 0 Å². The molecule has 37 heavy (non-hydrogen) atoms. The minimum absolute atomic E-state index is 0.0563. The van der Waals surface area contributed by atoms with Crippen LogP contribution < -0.4 is 10.1 Å². The van der Waals surface area contributed by atoms with Gasteiger partial charge in [0.25, 0.3) is 11.8 Å². The van der Waals surface area contributed by atoms with Gasteiger partial charge in [0.2, 0.25) is 0 Å². The second-order valence-electron chi connectivity index (χ2n) is 8.32. The van der Waals surface area contributed by atoms with Crippen LogP contribution in [0.4, 0.5) is 0 Å². The van der Waals surface area contributed by atoms with E-state index in [0.29, 0.717) is 48.4 Å². The Morgan fingerprint density at radius 1 is 0.919 bits per heavy atom. The molecule has 3 rings (SSSR count). The molecule has 0 radical (unpaired) electrons. The maximum absolute atomic E-state index is 13.8. The van der Waals surface area contributed by atoms with Crippen molar-refractivity contribution in [3.63, 3.8) is 0 Å². The number of carboxylic acid groups (broad SMARTS) is 1. The van der Waals surface area contributed by atoms with Crippen molar-refractivity contribution in [3.05, 3.63) is 102 Å². The largest absolute Gasteiger partial charge is 0.494 e. The van der Waals surface area contributed by atoms with E-state index in [2.05, 4.69) is 11.9 Å². The average molecular weight is 501 g/mol. The van der Waals surface area contributed by atoms with E-state index in [1.807, 2.05) is 43.3 Å². The predicted molar refractivity (Wildman–Crippen MR) is 144 cm³/mol. The smallest absolute Gasteiger partial charge is 0.305 e. The van der Waals surface area contributed by atoms with Crippen LogP contribution >= 0.6 is 0 Å². The van der Waals surface area contributed by atoms with Crippen LogP contribution in [-0.4, -0.2) is 54.0 Å². The normalized spacial score (nSPS) is 10.4. The van der Waals surface area contributed by atoms with Gasteiger partial charge in [-0.3, -0.25) is 14.4 Å². The minimum atomic E-state index is -0.981. The van der Waals surface area contributed by atoms with Gasteiger partial charge in [-0.05, 0) is 48.2 Å². The number of benzene rings is 3. The van der Waals surface area contributed by atoms with Crippen molar-refractivity contribution in [1.82, 2.24) is 10.2 Å². The van der Waals surface area contributed by atoms with Crippen LogP contribution in [0, 0.1) is 0 Å². The van der Waals surface area contributed by atoms with Gasteiger partial charge in [-0.2, -0.15) is 0 Å². The number of para-hydroxylation sites is 1. The first-order chi connectivity index (χ1) is 18.0.